The third kappa shape index (κ3) is 56.8. The van der Waals surface area contributed by atoms with Gasteiger partial charge in [0.25, 0.3) is 0 Å². The molecule has 0 aliphatic rings. The van der Waals surface area contributed by atoms with Gasteiger partial charge >= 0.3 is 17.9 Å². The van der Waals surface area contributed by atoms with Crippen molar-refractivity contribution in [3.8, 4) is 0 Å². The van der Waals surface area contributed by atoms with Crippen LogP contribution in [0.1, 0.15) is 348 Å². The molecule has 0 fully saturated rings. The summed E-state index contributed by atoms with van der Waals surface area (Å²) in [5.41, 5.74) is 0. The lowest BCUT2D eigenvalue weighted by Crippen LogP contribution is -2.30. The molecular formula is C64H120O6. The van der Waals surface area contributed by atoms with E-state index < -0.39 is 6.10 Å². The normalized spacial score (nSPS) is 12.1. The maximum Gasteiger partial charge on any atom is 0.306 e. The lowest BCUT2D eigenvalue weighted by Gasteiger charge is -2.18. The topological polar surface area (TPSA) is 78.9 Å². The minimum absolute atomic E-state index is 0.0724. The van der Waals surface area contributed by atoms with Gasteiger partial charge in [-0.2, -0.15) is 0 Å². The number of carbonyl (C=O) groups excluding carboxylic acids is 3. The van der Waals surface area contributed by atoms with Crippen molar-refractivity contribution in [3.05, 3.63) is 24.3 Å². The van der Waals surface area contributed by atoms with E-state index in [0.717, 1.165) is 77.0 Å². The van der Waals surface area contributed by atoms with E-state index in [0.29, 0.717) is 19.3 Å². The van der Waals surface area contributed by atoms with Crippen molar-refractivity contribution in [2.45, 2.75) is 354 Å². The molecule has 6 nitrogen and oxygen atoms in total. The van der Waals surface area contributed by atoms with Crippen molar-refractivity contribution >= 4 is 17.9 Å². The number of hydrogen-bond acceptors (Lipinski definition) is 6. The highest BCUT2D eigenvalue weighted by molar-refractivity contribution is 5.71. The number of esters is 3. The zero-order valence-corrected chi connectivity index (χ0v) is 47.3. The Morgan fingerprint density at radius 2 is 0.514 bits per heavy atom. The van der Waals surface area contributed by atoms with Gasteiger partial charge < -0.3 is 14.2 Å². The Hall–Kier alpha value is -2.11. The van der Waals surface area contributed by atoms with Crippen LogP contribution in [-0.4, -0.2) is 37.2 Å². The maximum absolute atomic E-state index is 12.8. The lowest BCUT2D eigenvalue weighted by atomic mass is 10.0. The van der Waals surface area contributed by atoms with Crippen LogP contribution in [0, 0.1) is 0 Å². The van der Waals surface area contributed by atoms with Crippen LogP contribution >= 0.6 is 0 Å². The molecule has 0 amide bonds. The Morgan fingerprint density at radius 3 is 0.814 bits per heavy atom. The van der Waals surface area contributed by atoms with Gasteiger partial charge in [0.05, 0.1) is 0 Å². The Balaban J connectivity index is 3.98. The highest BCUT2D eigenvalue weighted by atomic mass is 16.6. The number of carbonyl (C=O) groups is 3. The molecule has 412 valence electrons. The first kappa shape index (κ1) is 67.9. The zero-order chi connectivity index (χ0) is 50.7. The summed E-state index contributed by atoms with van der Waals surface area (Å²) in [5.74, 6) is -0.874. The quantitative estimate of drug-likeness (QED) is 0.0261. The summed E-state index contributed by atoms with van der Waals surface area (Å²) in [6.45, 7) is 6.61. The molecule has 6 heteroatoms. The molecule has 0 spiro atoms. The van der Waals surface area contributed by atoms with Crippen molar-refractivity contribution in [2.24, 2.45) is 0 Å². The highest BCUT2D eigenvalue weighted by Crippen LogP contribution is 2.18. The molecule has 70 heavy (non-hydrogen) atoms. The Kier molecular flexibility index (Phi) is 57.7. The minimum Gasteiger partial charge on any atom is -0.462 e. The molecule has 0 aromatic carbocycles. The van der Waals surface area contributed by atoms with Crippen LogP contribution in [0.15, 0.2) is 24.3 Å². The van der Waals surface area contributed by atoms with E-state index in [9.17, 15) is 14.4 Å². The highest BCUT2D eigenvalue weighted by Gasteiger charge is 2.19. The predicted octanol–water partition coefficient (Wildman–Crippen LogP) is 21.1. The Morgan fingerprint density at radius 1 is 0.286 bits per heavy atom. The summed E-state index contributed by atoms with van der Waals surface area (Å²) in [5, 5.41) is 0. The molecule has 0 bridgehead atoms. The van der Waals surface area contributed by atoms with Gasteiger partial charge in [0, 0.05) is 19.3 Å². The van der Waals surface area contributed by atoms with Crippen LogP contribution in [0.2, 0.25) is 0 Å². The van der Waals surface area contributed by atoms with E-state index in [1.807, 2.05) is 0 Å². The number of unbranched alkanes of at least 4 members (excludes halogenated alkanes) is 43. The summed E-state index contributed by atoms with van der Waals surface area (Å²) in [6, 6.07) is 0. The molecule has 1 unspecified atom stereocenters. The summed E-state index contributed by atoms with van der Waals surface area (Å²) in [7, 11) is 0. The third-order valence-corrected chi connectivity index (χ3v) is 14.2. The molecular weight excluding hydrogens is 865 g/mol. The second kappa shape index (κ2) is 59.5. The molecule has 0 aromatic heterocycles. The van der Waals surface area contributed by atoms with Crippen molar-refractivity contribution < 1.29 is 28.6 Å². The predicted molar refractivity (Wildman–Crippen MR) is 303 cm³/mol. The van der Waals surface area contributed by atoms with Gasteiger partial charge in [-0.3, -0.25) is 14.4 Å². The molecule has 1 atom stereocenters. The number of allylic oxidation sites excluding steroid dienone is 4. The molecule has 0 saturated heterocycles. The monoisotopic (exact) mass is 985 g/mol. The van der Waals surface area contributed by atoms with E-state index in [1.165, 1.54) is 231 Å². The Bertz CT molecular complexity index is 1130. The maximum atomic E-state index is 12.8. The van der Waals surface area contributed by atoms with Gasteiger partial charge in [0.2, 0.25) is 0 Å². The average Bonchev–Trinajstić information content (AvgIpc) is 3.36. The molecule has 0 N–H and O–H groups in total. The van der Waals surface area contributed by atoms with Gasteiger partial charge in [0.1, 0.15) is 13.2 Å². The first-order chi connectivity index (χ1) is 34.5. The summed E-state index contributed by atoms with van der Waals surface area (Å²) < 4.78 is 16.8. The minimum atomic E-state index is -0.772. The average molecular weight is 986 g/mol. The fourth-order valence-corrected chi connectivity index (χ4v) is 9.48. The van der Waals surface area contributed by atoms with Crippen LogP contribution in [0.4, 0.5) is 0 Å². The smallest absolute Gasteiger partial charge is 0.306 e. The van der Waals surface area contributed by atoms with E-state index in [-0.39, 0.29) is 31.1 Å². The van der Waals surface area contributed by atoms with Crippen LogP contribution in [-0.2, 0) is 28.6 Å². The lowest BCUT2D eigenvalue weighted by molar-refractivity contribution is -0.167. The fraction of sp³-hybridized carbons (Fsp3) is 0.891. The standard InChI is InChI=1S/C64H120O6/c1-4-7-10-13-16-18-20-22-24-25-26-27-28-29-30-31-32-33-34-35-36-37-38-40-41-43-45-48-51-54-57-63(66)69-60-61(59-68-62(65)56-53-50-47-15-12-9-6-3)70-64(67)58-55-52-49-46-44-42-39-23-21-19-17-14-11-8-5-2/h17,19,23,39,61H,4-16,18,20-22,24-38,40-60H2,1-3H3/b19-17-,39-23-. The molecule has 0 saturated carbocycles. The van der Waals surface area contributed by atoms with E-state index >= 15 is 0 Å². The largest absolute Gasteiger partial charge is 0.462 e. The molecule has 0 radical (unpaired) electrons. The van der Waals surface area contributed by atoms with Gasteiger partial charge in [-0.1, -0.05) is 302 Å². The van der Waals surface area contributed by atoms with E-state index in [4.69, 9.17) is 14.2 Å². The first-order valence-corrected chi connectivity index (χ1v) is 31.3. The third-order valence-electron chi connectivity index (χ3n) is 14.2. The van der Waals surface area contributed by atoms with Crippen molar-refractivity contribution in [1.82, 2.24) is 0 Å². The van der Waals surface area contributed by atoms with Crippen LogP contribution < -0.4 is 0 Å². The van der Waals surface area contributed by atoms with Gasteiger partial charge in [0.15, 0.2) is 6.10 Å². The van der Waals surface area contributed by atoms with Gasteiger partial charge in [-0.15, -0.1) is 0 Å². The summed E-state index contributed by atoms with van der Waals surface area (Å²) in [6.07, 6.45) is 70.9. The number of rotatable bonds is 58. The van der Waals surface area contributed by atoms with Crippen LogP contribution in [0.5, 0.6) is 0 Å². The Labute approximate surface area is 436 Å². The van der Waals surface area contributed by atoms with Crippen LogP contribution in [0.25, 0.3) is 0 Å². The van der Waals surface area contributed by atoms with Gasteiger partial charge in [-0.05, 0) is 51.4 Å². The first-order valence-electron chi connectivity index (χ1n) is 31.3. The number of hydrogen-bond donors (Lipinski definition) is 0. The summed E-state index contributed by atoms with van der Waals surface area (Å²) >= 11 is 0. The fourth-order valence-electron chi connectivity index (χ4n) is 9.48. The second-order valence-electron chi connectivity index (χ2n) is 21.3. The SMILES string of the molecule is CCCCC/C=C\C/C=C\CCCCCCCC(=O)OC(COC(=O)CCCCCCCCC)COC(=O)CCCCCCCCCCCCCCCCCCCCCCCCCCCCCCCC. The molecule has 0 aliphatic carbocycles. The van der Waals surface area contributed by atoms with Crippen molar-refractivity contribution in [1.29, 1.82) is 0 Å². The molecule has 0 aromatic rings. The van der Waals surface area contributed by atoms with Crippen molar-refractivity contribution in [3.63, 3.8) is 0 Å². The molecule has 0 rings (SSSR count). The van der Waals surface area contributed by atoms with Crippen molar-refractivity contribution in [2.75, 3.05) is 13.2 Å². The zero-order valence-electron chi connectivity index (χ0n) is 47.3. The molecule has 0 heterocycles. The second-order valence-corrected chi connectivity index (χ2v) is 21.3. The number of ether oxygens (including phenoxy) is 3. The van der Waals surface area contributed by atoms with Gasteiger partial charge in [-0.25, -0.2) is 0 Å². The van der Waals surface area contributed by atoms with E-state index in [1.54, 1.807) is 0 Å². The molecule has 0 aliphatic heterocycles. The van der Waals surface area contributed by atoms with Crippen LogP contribution in [0.3, 0.4) is 0 Å². The summed E-state index contributed by atoms with van der Waals surface area (Å²) in [4.78, 5) is 37.9. The van der Waals surface area contributed by atoms with E-state index in [2.05, 4.69) is 45.1 Å².